The zero-order valence-corrected chi connectivity index (χ0v) is 11.1. The fourth-order valence-electron chi connectivity index (χ4n) is 1.73. The van der Waals surface area contributed by atoms with Crippen molar-refractivity contribution in [1.82, 2.24) is 9.78 Å². The number of thiocarbonyl (C=S) groups is 1. The number of nitrogens with zero attached hydrogens (tertiary/aromatic N) is 2. The van der Waals surface area contributed by atoms with Gasteiger partial charge in [-0.05, 0) is 12.2 Å². The molecule has 1 aromatic heterocycles. The minimum absolute atomic E-state index is 0.0242. The van der Waals surface area contributed by atoms with Gasteiger partial charge in [-0.25, -0.2) is 0 Å². The molecule has 0 aromatic carbocycles. The van der Waals surface area contributed by atoms with Crippen LogP contribution in [-0.4, -0.2) is 32.2 Å². The summed E-state index contributed by atoms with van der Waals surface area (Å²) in [5.41, 5.74) is 6.19. The van der Waals surface area contributed by atoms with Crippen LogP contribution >= 0.6 is 24.0 Å². The Bertz CT molecular complexity index is 451. The Hall–Kier alpha value is -1.08. The van der Waals surface area contributed by atoms with Gasteiger partial charge in [-0.2, -0.15) is 16.9 Å². The van der Waals surface area contributed by atoms with Gasteiger partial charge in [0.25, 0.3) is 0 Å². The molecule has 1 unspecified atom stereocenters. The molecule has 5 nitrogen and oxygen atoms in total. The maximum absolute atomic E-state index is 12.0. The predicted octanol–water partition coefficient (Wildman–Crippen LogP) is 0.746. The third kappa shape index (κ3) is 2.61. The van der Waals surface area contributed by atoms with Crippen molar-refractivity contribution >= 4 is 40.7 Å². The molecule has 7 heteroatoms. The van der Waals surface area contributed by atoms with E-state index < -0.39 is 0 Å². The van der Waals surface area contributed by atoms with E-state index in [0.717, 1.165) is 17.9 Å². The molecule has 1 saturated heterocycles. The lowest BCUT2D eigenvalue weighted by Crippen LogP contribution is -2.25. The standard InChI is InChI=1S/C10H14N4OS2/c1-14-9(7(4-12-14)8(11)16)13-10(15)6-2-3-17-5-6/h4,6H,2-3,5H2,1H3,(H2,11,16)(H,13,15). The number of aromatic nitrogens is 2. The summed E-state index contributed by atoms with van der Waals surface area (Å²) in [6.45, 7) is 0. The second-order valence-electron chi connectivity index (χ2n) is 3.94. The van der Waals surface area contributed by atoms with Crippen molar-refractivity contribution in [3.63, 3.8) is 0 Å². The van der Waals surface area contributed by atoms with Gasteiger partial charge in [0.2, 0.25) is 5.91 Å². The zero-order chi connectivity index (χ0) is 12.4. The fraction of sp³-hybridized carbons (Fsp3) is 0.500. The minimum atomic E-state index is 0.0242. The van der Waals surface area contributed by atoms with Crippen LogP contribution in [0.5, 0.6) is 0 Å². The Morgan fingerprint density at radius 2 is 2.53 bits per heavy atom. The summed E-state index contributed by atoms with van der Waals surface area (Å²) in [6.07, 6.45) is 2.50. The lowest BCUT2D eigenvalue weighted by molar-refractivity contribution is -0.119. The van der Waals surface area contributed by atoms with Crippen molar-refractivity contribution < 1.29 is 4.79 Å². The van der Waals surface area contributed by atoms with Gasteiger partial charge in [-0.15, -0.1) is 0 Å². The first kappa shape index (κ1) is 12.4. The number of carbonyl (C=O) groups is 1. The van der Waals surface area contributed by atoms with Gasteiger partial charge < -0.3 is 11.1 Å². The van der Waals surface area contributed by atoms with E-state index in [9.17, 15) is 4.79 Å². The molecule has 0 radical (unpaired) electrons. The highest BCUT2D eigenvalue weighted by atomic mass is 32.2. The van der Waals surface area contributed by atoms with Crippen molar-refractivity contribution in [3.05, 3.63) is 11.8 Å². The van der Waals surface area contributed by atoms with Gasteiger partial charge in [0.05, 0.1) is 11.8 Å². The Morgan fingerprint density at radius 3 is 3.12 bits per heavy atom. The number of hydrogen-bond acceptors (Lipinski definition) is 4. The van der Waals surface area contributed by atoms with Crippen LogP contribution < -0.4 is 11.1 Å². The number of rotatable bonds is 3. The summed E-state index contributed by atoms with van der Waals surface area (Å²) in [6, 6.07) is 0. The monoisotopic (exact) mass is 270 g/mol. The van der Waals surface area contributed by atoms with Crippen LogP contribution in [0.25, 0.3) is 0 Å². The lowest BCUT2D eigenvalue weighted by atomic mass is 10.1. The number of anilines is 1. The number of thioether (sulfide) groups is 1. The van der Waals surface area contributed by atoms with Crippen LogP contribution in [0.1, 0.15) is 12.0 Å². The Morgan fingerprint density at radius 1 is 1.76 bits per heavy atom. The molecule has 1 aliphatic rings. The highest BCUT2D eigenvalue weighted by molar-refractivity contribution is 7.99. The fourth-order valence-corrected chi connectivity index (χ4v) is 3.10. The largest absolute Gasteiger partial charge is 0.389 e. The summed E-state index contributed by atoms with van der Waals surface area (Å²) in [5.74, 6) is 2.61. The first-order chi connectivity index (χ1) is 8.09. The van der Waals surface area contributed by atoms with Gasteiger partial charge >= 0.3 is 0 Å². The number of aryl methyl sites for hydroxylation is 1. The first-order valence-electron chi connectivity index (χ1n) is 5.30. The number of amides is 1. The van der Waals surface area contributed by atoms with E-state index in [-0.39, 0.29) is 16.8 Å². The molecular weight excluding hydrogens is 256 g/mol. The molecule has 3 N–H and O–H groups in total. The van der Waals surface area contributed by atoms with Crippen LogP contribution in [0.3, 0.4) is 0 Å². The molecule has 92 valence electrons. The van der Waals surface area contributed by atoms with Crippen molar-refractivity contribution in [2.24, 2.45) is 18.7 Å². The second kappa shape index (κ2) is 5.05. The summed E-state index contributed by atoms with van der Waals surface area (Å²) >= 11 is 6.72. The Balaban J connectivity index is 2.14. The van der Waals surface area contributed by atoms with Gasteiger partial charge in [-0.3, -0.25) is 9.48 Å². The van der Waals surface area contributed by atoms with Gasteiger partial charge in [0.1, 0.15) is 10.8 Å². The SMILES string of the molecule is Cn1ncc(C(N)=S)c1NC(=O)C1CCSC1. The van der Waals surface area contributed by atoms with Crippen molar-refractivity contribution in [2.45, 2.75) is 6.42 Å². The molecule has 1 atom stereocenters. The van der Waals surface area contributed by atoms with Crippen molar-refractivity contribution in [1.29, 1.82) is 0 Å². The third-order valence-electron chi connectivity index (χ3n) is 2.75. The minimum Gasteiger partial charge on any atom is -0.389 e. The zero-order valence-electron chi connectivity index (χ0n) is 9.47. The molecule has 0 saturated carbocycles. The summed E-state index contributed by atoms with van der Waals surface area (Å²) in [7, 11) is 1.75. The predicted molar refractivity (Wildman–Crippen MR) is 73.2 cm³/mol. The van der Waals surface area contributed by atoms with Crippen LogP contribution in [0, 0.1) is 5.92 Å². The maximum Gasteiger partial charge on any atom is 0.229 e. The molecular formula is C10H14N4OS2. The number of hydrogen-bond donors (Lipinski definition) is 2. The lowest BCUT2D eigenvalue weighted by Gasteiger charge is -2.11. The number of carbonyl (C=O) groups excluding carboxylic acids is 1. The summed E-state index contributed by atoms with van der Waals surface area (Å²) in [4.78, 5) is 12.2. The third-order valence-corrected chi connectivity index (χ3v) is 4.13. The van der Waals surface area contributed by atoms with Gasteiger partial charge in [0.15, 0.2) is 0 Å². The molecule has 1 amide bonds. The summed E-state index contributed by atoms with van der Waals surface area (Å²) < 4.78 is 1.58. The summed E-state index contributed by atoms with van der Waals surface area (Å²) in [5, 5.41) is 6.91. The van der Waals surface area contributed by atoms with E-state index in [4.69, 9.17) is 18.0 Å². The van der Waals surface area contributed by atoms with Crippen molar-refractivity contribution in [3.8, 4) is 0 Å². The molecule has 2 heterocycles. The molecule has 1 aliphatic heterocycles. The van der Waals surface area contributed by atoms with E-state index >= 15 is 0 Å². The molecule has 1 aromatic rings. The van der Waals surface area contributed by atoms with E-state index in [2.05, 4.69) is 10.4 Å². The van der Waals surface area contributed by atoms with E-state index in [1.807, 2.05) is 0 Å². The average Bonchev–Trinajstić information content (AvgIpc) is 2.89. The van der Waals surface area contributed by atoms with E-state index in [0.29, 0.717) is 11.4 Å². The molecule has 17 heavy (non-hydrogen) atoms. The highest BCUT2D eigenvalue weighted by Gasteiger charge is 2.25. The Labute approximate surface area is 109 Å². The van der Waals surface area contributed by atoms with E-state index in [1.165, 1.54) is 0 Å². The topological polar surface area (TPSA) is 72.9 Å². The van der Waals surface area contributed by atoms with Crippen LogP contribution in [0.4, 0.5) is 5.82 Å². The Kier molecular flexibility index (Phi) is 3.68. The molecule has 1 fully saturated rings. The van der Waals surface area contributed by atoms with Gasteiger partial charge in [0, 0.05) is 18.7 Å². The van der Waals surface area contributed by atoms with E-state index in [1.54, 1.807) is 29.7 Å². The number of nitrogens with two attached hydrogens (primary N) is 1. The van der Waals surface area contributed by atoms with Crippen LogP contribution in [-0.2, 0) is 11.8 Å². The van der Waals surface area contributed by atoms with Crippen LogP contribution in [0.15, 0.2) is 6.20 Å². The highest BCUT2D eigenvalue weighted by Crippen LogP contribution is 2.25. The average molecular weight is 270 g/mol. The first-order valence-corrected chi connectivity index (χ1v) is 6.86. The maximum atomic E-state index is 12.0. The normalized spacial score (nSPS) is 19.2. The van der Waals surface area contributed by atoms with Gasteiger partial charge in [-0.1, -0.05) is 12.2 Å². The number of nitrogens with one attached hydrogen (secondary N) is 1. The quantitative estimate of drug-likeness (QED) is 0.793. The van der Waals surface area contributed by atoms with Crippen LogP contribution in [0.2, 0.25) is 0 Å². The van der Waals surface area contributed by atoms with Crippen molar-refractivity contribution in [2.75, 3.05) is 16.8 Å². The molecule has 0 bridgehead atoms. The second-order valence-corrected chi connectivity index (χ2v) is 5.53. The molecule has 0 aliphatic carbocycles. The smallest absolute Gasteiger partial charge is 0.229 e. The molecule has 2 rings (SSSR count). The molecule has 0 spiro atoms.